The highest BCUT2D eigenvalue weighted by atomic mass is 19.1. The summed E-state index contributed by atoms with van der Waals surface area (Å²) in [4.78, 5) is 39.8. The quantitative estimate of drug-likeness (QED) is 0.761. The molecule has 2 heterocycles. The van der Waals surface area contributed by atoms with Crippen molar-refractivity contribution in [3.05, 3.63) is 29.1 Å². The fourth-order valence-corrected chi connectivity index (χ4v) is 4.77. The molecule has 1 aromatic carbocycles. The van der Waals surface area contributed by atoms with Gasteiger partial charge in [-0.05, 0) is 63.0 Å². The van der Waals surface area contributed by atoms with Crippen molar-refractivity contribution in [1.29, 1.82) is 0 Å². The second-order valence-electron chi connectivity index (χ2n) is 8.59. The first-order valence-electron chi connectivity index (χ1n) is 10.3. The molecule has 0 radical (unpaired) electrons. The lowest BCUT2D eigenvalue weighted by molar-refractivity contribution is -0.139. The summed E-state index contributed by atoms with van der Waals surface area (Å²) in [7, 11) is 0. The van der Waals surface area contributed by atoms with Gasteiger partial charge in [-0.15, -0.1) is 0 Å². The Hall–Kier alpha value is -2.64. The van der Waals surface area contributed by atoms with Gasteiger partial charge in [-0.3, -0.25) is 15.0 Å². The highest BCUT2D eigenvalue weighted by Gasteiger charge is 2.52. The van der Waals surface area contributed by atoms with Gasteiger partial charge in [-0.2, -0.15) is 5.01 Å². The van der Waals surface area contributed by atoms with Crippen molar-refractivity contribution in [1.82, 2.24) is 15.8 Å². The molecule has 0 aromatic heterocycles. The van der Waals surface area contributed by atoms with Gasteiger partial charge in [0.2, 0.25) is 0 Å². The van der Waals surface area contributed by atoms with E-state index in [0.29, 0.717) is 37.3 Å². The van der Waals surface area contributed by atoms with Gasteiger partial charge in [-0.1, -0.05) is 13.0 Å². The summed E-state index contributed by atoms with van der Waals surface area (Å²) in [6, 6.07) is 2.57. The third kappa shape index (κ3) is 3.45. The number of anilines is 1. The fourth-order valence-electron chi connectivity index (χ4n) is 4.77. The number of hydrogen-bond acceptors (Lipinski definition) is 4. The maximum atomic E-state index is 14.2. The van der Waals surface area contributed by atoms with Gasteiger partial charge < -0.3 is 10.2 Å². The molecule has 156 valence electrons. The molecule has 0 bridgehead atoms. The van der Waals surface area contributed by atoms with Crippen LogP contribution in [0.15, 0.2) is 12.1 Å². The largest absolute Gasteiger partial charge is 0.362 e. The number of hydrogen-bond donors (Lipinski definition) is 2. The molecule has 1 spiro atoms. The summed E-state index contributed by atoms with van der Waals surface area (Å²) in [6.07, 6.45) is 4.28. The Labute approximate surface area is 169 Å². The second kappa shape index (κ2) is 7.31. The predicted molar refractivity (Wildman–Crippen MR) is 106 cm³/mol. The van der Waals surface area contributed by atoms with E-state index in [-0.39, 0.29) is 18.3 Å². The first-order chi connectivity index (χ1) is 13.8. The number of carbonyl (C=O) groups excluding carboxylic acids is 3. The Morgan fingerprint density at radius 2 is 2.03 bits per heavy atom. The number of urea groups is 1. The molecule has 0 atom stereocenters. The van der Waals surface area contributed by atoms with E-state index in [1.807, 2.05) is 11.8 Å². The number of fused-ring (bicyclic) bond motifs is 1. The minimum absolute atomic E-state index is 0.0433. The van der Waals surface area contributed by atoms with Crippen molar-refractivity contribution in [2.24, 2.45) is 5.92 Å². The van der Waals surface area contributed by atoms with Crippen LogP contribution in [-0.2, 0) is 16.0 Å². The number of hydrazine groups is 1. The molecular weight excluding hydrogens is 375 g/mol. The van der Waals surface area contributed by atoms with Crippen LogP contribution in [0.4, 0.5) is 14.9 Å². The Morgan fingerprint density at radius 1 is 1.31 bits per heavy atom. The van der Waals surface area contributed by atoms with Crippen molar-refractivity contribution in [3.8, 4) is 0 Å². The molecule has 8 heteroatoms. The molecule has 4 amide bonds. The fraction of sp³-hybridized carbons (Fsp3) is 0.571. The van der Waals surface area contributed by atoms with Crippen LogP contribution in [0.3, 0.4) is 0 Å². The molecule has 1 aromatic rings. The molecule has 1 aliphatic carbocycles. The van der Waals surface area contributed by atoms with E-state index in [9.17, 15) is 18.8 Å². The summed E-state index contributed by atoms with van der Waals surface area (Å²) in [5, 5.41) is 3.61. The molecule has 4 rings (SSSR count). The minimum atomic E-state index is -0.895. The first-order valence-corrected chi connectivity index (χ1v) is 10.3. The summed E-state index contributed by atoms with van der Waals surface area (Å²) in [5.41, 5.74) is 3.84. The lowest BCUT2D eigenvalue weighted by Crippen LogP contribution is -2.53. The van der Waals surface area contributed by atoms with Gasteiger partial charge in [0.05, 0.1) is 6.54 Å². The average molecular weight is 402 g/mol. The summed E-state index contributed by atoms with van der Waals surface area (Å²) in [5.74, 6) is -0.592. The van der Waals surface area contributed by atoms with E-state index in [1.54, 1.807) is 6.07 Å². The van der Waals surface area contributed by atoms with E-state index < -0.39 is 17.5 Å². The number of nitrogens with one attached hydrogen (secondary N) is 2. The van der Waals surface area contributed by atoms with Gasteiger partial charge in [0, 0.05) is 17.8 Å². The molecule has 2 N–H and O–H groups in total. The third-order valence-corrected chi connectivity index (χ3v) is 6.46. The summed E-state index contributed by atoms with van der Waals surface area (Å²) >= 11 is 0. The normalized spacial score (nSPS) is 26.5. The second-order valence-corrected chi connectivity index (χ2v) is 8.59. The molecule has 0 unspecified atom stereocenters. The summed E-state index contributed by atoms with van der Waals surface area (Å²) in [6.45, 7) is 4.60. The molecular formula is C21H27FN4O3. The van der Waals surface area contributed by atoms with Gasteiger partial charge in [0.15, 0.2) is 0 Å². The van der Waals surface area contributed by atoms with Crippen molar-refractivity contribution in [2.75, 3.05) is 18.0 Å². The molecule has 2 aliphatic heterocycles. The molecule has 3 aliphatic rings. The average Bonchev–Trinajstić information content (AvgIpc) is 2.91. The number of amides is 4. The van der Waals surface area contributed by atoms with Gasteiger partial charge in [0.1, 0.15) is 11.4 Å². The Balaban J connectivity index is 1.46. The third-order valence-electron chi connectivity index (χ3n) is 6.46. The Morgan fingerprint density at radius 3 is 2.76 bits per heavy atom. The smallest absolute Gasteiger partial charge is 0.344 e. The van der Waals surface area contributed by atoms with Crippen LogP contribution in [0.25, 0.3) is 0 Å². The number of benzene rings is 1. The lowest BCUT2D eigenvalue weighted by Gasteiger charge is -2.34. The molecule has 1 saturated carbocycles. The minimum Gasteiger partial charge on any atom is -0.362 e. The van der Waals surface area contributed by atoms with Crippen LogP contribution >= 0.6 is 0 Å². The maximum absolute atomic E-state index is 14.2. The number of imide groups is 1. The monoisotopic (exact) mass is 402 g/mol. The maximum Gasteiger partial charge on any atom is 0.344 e. The van der Waals surface area contributed by atoms with E-state index in [0.717, 1.165) is 35.5 Å². The van der Waals surface area contributed by atoms with Gasteiger partial charge >= 0.3 is 6.03 Å². The van der Waals surface area contributed by atoms with E-state index in [2.05, 4.69) is 17.7 Å². The Bertz CT molecular complexity index is 864. The number of aryl methyl sites for hydroxylation is 1. The SMILES string of the molecule is Cc1ccc(F)c2c1N(CC(=O)NN1C(=O)NC3(CCC(C)CC3)C1=O)CCC2. The van der Waals surface area contributed by atoms with Crippen LogP contribution in [0.2, 0.25) is 0 Å². The van der Waals surface area contributed by atoms with Crippen LogP contribution in [0.1, 0.15) is 50.2 Å². The number of carbonyl (C=O) groups is 3. The number of rotatable bonds is 3. The highest BCUT2D eigenvalue weighted by Crippen LogP contribution is 2.36. The van der Waals surface area contributed by atoms with Crippen LogP contribution in [0, 0.1) is 18.7 Å². The van der Waals surface area contributed by atoms with Gasteiger partial charge in [0.25, 0.3) is 11.8 Å². The lowest BCUT2D eigenvalue weighted by atomic mass is 9.77. The predicted octanol–water partition coefficient (Wildman–Crippen LogP) is 2.42. The standard InChI is InChI=1S/C21H27FN4O3/c1-13-7-9-21(10-8-13)19(28)26(20(29)23-21)24-17(27)12-25-11-3-4-15-16(22)6-5-14(2)18(15)25/h5-6,13H,3-4,7-12H2,1-2H3,(H,23,29)(H,24,27). The highest BCUT2D eigenvalue weighted by molar-refractivity contribution is 6.08. The zero-order chi connectivity index (χ0) is 20.8. The van der Waals surface area contributed by atoms with E-state index >= 15 is 0 Å². The molecule has 2 fully saturated rings. The van der Waals surface area contributed by atoms with Crippen molar-refractivity contribution >= 4 is 23.5 Å². The van der Waals surface area contributed by atoms with Crippen LogP contribution in [0.5, 0.6) is 0 Å². The van der Waals surface area contributed by atoms with Crippen molar-refractivity contribution in [3.63, 3.8) is 0 Å². The summed E-state index contributed by atoms with van der Waals surface area (Å²) < 4.78 is 14.2. The first kappa shape index (κ1) is 19.7. The topological polar surface area (TPSA) is 81.8 Å². The molecule has 7 nitrogen and oxygen atoms in total. The zero-order valence-electron chi connectivity index (χ0n) is 16.9. The Kier molecular flexibility index (Phi) is 4.96. The molecule has 29 heavy (non-hydrogen) atoms. The number of halogens is 1. The zero-order valence-corrected chi connectivity index (χ0v) is 16.9. The molecule has 1 saturated heterocycles. The van der Waals surface area contributed by atoms with Crippen molar-refractivity contribution < 1.29 is 18.8 Å². The van der Waals surface area contributed by atoms with E-state index in [4.69, 9.17) is 0 Å². The van der Waals surface area contributed by atoms with Crippen molar-refractivity contribution in [2.45, 2.75) is 57.9 Å². The van der Waals surface area contributed by atoms with E-state index in [1.165, 1.54) is 6.07 Å². The number of nitrogens with zero attached hydrogens (tertiary/aromatic N) is 2. The van der Waals surface area contributed by atoms with Crippen LogP contribution < -0.4 is 15.6 Å². The van der Waals surface area contributed by atoms with Crippen LogP contribution in [-0.4, -0.2) is 41.5 Å². The van der Waals surface area contributed by atoms with Gasteiger partial charge in [-0.25, -0.2) is 9.18 Å².